The fraction of sp³-hybridized carbons (Fsp3) is 0.667. The molecule has 0 fully saturated rings. The predicted molar refractivity (Wildman–Crippen MR) is 50.9 cm³/mol. The average molecular weight is 234 g/mol. The molecule has 7 nitrogen and oxygen atoms in total. The van der Waals surface area contributed by atoms with Crippen molar-refractivity contribution >= 4 is 17.9 Å². The molecule has 0 saturated heterocycles. The number of carboxylic acids is 3. The molecule has 0 aliphatic carbocycles. The molecule has 4 N–H and O–H groups in total. The van der Waals surface area contributed by atoms with Crippen LogP contribution in [0.4, 0.5) is 0 Å². The largest absolute Gasteiger partial charge is 0.481 e. The molecule has 2 atom stereocenters. The highest BCUT2D eigenvalue weighted by Crippen LogP contribution is 2.27. The van der Waals surface area contributed by atoms with E-state index in [2.05, 4.69) is 0 Å². The molecule has 0 bridgehead atoms. The maximum Gasteiger partial charge on any atom is 0.337 e. The van der Waals surface area contributed by atoms with Crippen LogP contribution in [0.5, 0.6) is 0 Å². The molecule has 0 aliphatic rings. The van der Waals surface area contributed by atoms with Crippen molar-refractivity contribution in [3.05, 3.63) is 0 Å². The van der Waals surface area contributed by atoms with Gasteiger partial charge in [-0.2, -0.15) is 0 Å². The number of rotatable bonds is 7. The van der Waals surface area contributed by atoms with Gasteiger partial charge in [0.15, 0.2) is 5.60 Å². The fourth-order valence-corrected chi connectivity index (χ4v) is 1.43. The van der Waals surface area contributed by atoms with Gasteiger partial charge in [-0.25, -0.2) is 4.79 Å². The Bertz CT molecular complexity index is 298. The Balaban J connectivity index is 5.19. The second kappa shape index (κ2) is 5.45. The van der Waals surface area contributed by atoms with Gasteiger partial charge < -0.3 is 20.4 Å². The van der Waals surface area contributed by atoms with Gasteiger partial charge in [0.05, 0.1) is 12.3 Å². The zero-order chi connectivity index (χ0) is 12.9. The second-order valence-corrected chi connectivity index (χ2v) is 3.48. The van der Waals surface area contributed by atoms with E-state index in [-0.39, 0.29) is 6.42 Å². The van der Waals surface area contributed by atoms with Crippen LogP contribution in [0, 0.1) is 5.92 Å². The highest BCUT2D eigenvalue weighted by molar-refractivity contribution is 5.89. The molecular formula is C9H14O7. The topological polar surface area (TPSA) is 132 Å². The molecule has 0 aromatic rings. The third-order valence-corrected chi connectivity index (χ3v) is 2.24. The summed E-state index contributed by atoms with van der Waals surface area (Å²) in [5, 5.41) is 35.7. The molecule has 0 radical (unpaired) electrons. The Morgan fingerprint density at radius 3 is 1.94 bits per heavy atom. The smallest absolute Gasteiger partial charge is 0.337 e. The Morgan fingerprint density at radius 1 is 1.19 bits per heavy atom. The van der Waals surface area contributed by atoms with Crippen LogP contribution in [0.25, 0.3) is 0 Å². The van der Waals surface area contributed by atoms with E-state index in [4.69, 9.17) is 15.3 Å². The maximum absolute atomic E-state index is 10.8. The molecule has 0 saturated carbocycles. The van der Waals surface area contributed by atoms with Crippen LogP contribution in [0.3, 0.4) is 0 Å². The lowest BCUT2D eigenvalue weighted by Gasteiger charge is -2.27. The molecule has 0 aliphatic heterocycles. The van der Waals surface area contributed by atoms with Crippen molar-refractivity contribution in [2.75, 3.05) is 0 Å². The van der Waals surface area contributed by atoms with Crippen molar-refractivity contribution in [1.29, 1.82) is 0 Å². The van der Waals surface area contributed by atoms with Crippen LogP contribution in [0.1, 0.15) is 26.2 Å². The van der Waals surface area contributed by atoms with Crippen molar-refractivity contribution in [3.8, 4) is 0 Å². The summed E-state index contributed by atoms with van der Waals surface area (Å²) in [6.07, 6.45) is -0.920. The summed E-state index contributed by atoms with van der Waals surface area (Å²) in [4.78, 5) is 32.0. The van der Waals surface area contributed by atoms with Gasteiger partial charge in [0.1, 0.15) is 0 Å². The molecule has 0 spiro atoms. The highest BCUT2D eigenvalue weighted by Gasteiger charge is 2.49. The monoisotopic (exact) mass is 234 g/mol. The number of carbonyl (C=O) groups is 3. The number of aliphatic hydroxyl groups is 1. The molecular weight excluding hydrogens is 220 g/mol. The first-order valence-electron chi connectivity index (χ1n) is 4.66. The van der Waals surface area contributed by atoms with Gasteiger partial charge in [-0.3, -0.25) is 9.59 Å². The van der Waals surface area contributed by atoms with E-state index in [1.807, 2.05) is 0 Å². The van der Waals surface area contributed by atoms with E-state index in [1.54, 1.807) is 6.92 Å². The van der Waals surface area contributed by atoms with Crippen LogP contribution >= 0.6 is 0 Å². The molecule has 0 aromatic heterocycles. The van der Waals surface area contributed by atoms with Crippen molar-refractivity contribution in [2.45, 2.75) is 31.8 Å². The molecule has 92 valence electrons. The van der Waals surface area contributed by atoms with Crippen LogP contribution in [-0.4, -0.2) is 43.9 Å². The van der Waals surface area contributed by atoms with Crippen LogP contribution < -0.4 is 0 Å². The van der Waals surface area contributed by atoms with Crippen LogP contribution in [-0.2, 0) is 14.4 Å². The number of hydrogen-bond donors (Lipinski definition) is 4. The Morgan fingerprint density at radius 2 is 1.69 bits per heavy atom. The van der Waals surface area contributed by atoms with Crippen LogP contribution in [0.15, 0.2) is 0 Å². The molecule has 0 rings (SSSR count). The third-order valence-electron chi connectivity index (χ3n) is 2.24. The first kappa shape index (κ1) is 14.4. The summed E-state index contributed by atoms with van der Waals surface area (Å²) in [6.45, 7) is 1.61. The summed E-state index contributed by atoms with van der Waals surface area (Å²) in [5.74, 6) is -6.55. The maximum atomic E-state index is 10.8. The zero-order valence-corrected chi connectivity index (χ0v) is 8.71. The van der Waals surface area contributed by atoms with E-state index in [0.717, 1.165) is 0 Å². The summed E-state index contributed by atoms with van der Waals surface area (Å²) >= 11 is 0. The highest BCUT2D eigenvalue weighted by atomic mass is 16.4. The van der Waals surface area contributed by atoms with Gasteiger partial charge in [-0.05, 0) is 6.42 Å². The summed E-state index contributed by atoms with van der Waals surface area (Å²) < 4.78 is 0. The fourth-order valence-electron chi connectivity index (χ4n) is 1.43. The number of carboxylic acid groups (broad SMARTS) is 3. The summed E-state index contributed by atoms with van der Waals surface area (Å²) in [6, 6.07) is 0. The minimum absolute atomic E-state index is 0.106. The predicted octanol–water partition coefficient (Wildman–Crippen LogP) is -0.222. The van der Waals surface area contributed by atoms with E-state index in [0.29, 0.717) is 6.42 Å². The zero-order valence-electron chi connectivity index (χ0n) is 8.71. The van der Waals surface area contributed by atoms with Crippen molar-refractivity contribution < 1.29 is 34.8 Å². The SMILES string of the molecule is CCC[C@@H](C(=O)O)[C@@](O)(CC(=O)O)C(=O)O. The molecule has 0 amide bonds. The number of hydrogen-bond acceptors (Lipinski definition) is 4. The standard InChI is InChI=1S/C9H14O7/c1-2-3-5(7(12)13)9(16,8(14)15)4-6(10)11/h5,16H,2-4H2,1H3,(H,10,11)(H,12,13)(H,14,15)/t5-,9-/m0/s1. The first-order valence-corrected chi connectivity index (χ1v) is 4.66. The Labute approximate surface area is 91.3 Å². The lowest BCUT2D eigenvalue weighted by Crippen LogP contribution is -2.50. The Kier molecular flexibility index (Phi) is 4.90. The van der Waals surface area contributed by atoms with E-state index in [9.17, 15) is 19.5 Å². The van der Waals surface area contributed by atoms with Gasteiger partial charge >= 0.3 is 17.9 Å². The van der Waals surface area contributed by atoms with Crippen molar-refractivity contribution in [2.24, 2.45) is 5.92 Å². The lowest BCUT2D eigenvalue weighted by molar-refractivity contribution is -0.179. The first-order chi connectivity index (χ1) is 7.25. The molecule has 7 heteroatoms. The molecule has 0 unspecified atom stereocenters. The minimum Gasteiger partial charge on any atom is -0.481 e. The van der Waals surface area contributed by atoms with Gasteiger partial charge in [0.2, 0.25) is 0 Å². The lowest BCUT2D eigenvalue weighted by atomic mass is 9.81. The Hall–Kier alpha value is -1.63. The van der Waals surface area contributed by atoms with Crippen LogP contribution in [0.2, 0.25) is 0 Å². The molecule has 0 aromatic carbocycles. The third kappa shape index (κ3) is 3.20. The van der Waals surface area contributed by atoms with Crippen molar-refractivity contribution in [1.82, 2.24) is 0 Å². The second-order valence-electron chi connectivity index (χ2n) is 3.48. The normalized spacial score (nSPS) is 16.1. The molecule has 0 heterocycles. The van der Waals surface area contributed by atoms with E-state index >= 15 is 0 Å². The van der Waals surface area contributed by atoms with E-state index < -0.39 is 35.8 Å². The number of aliphatic carboxylic acids is 3. The van der Waals surface area contributed by atoms with E-state index in [1.165, 1.54) is 0 Å². The average Bonchev–Trinajstić information content (AvgIpc) is 2.11. The van der Waals surface area contributed by atoms with Gasteiger partial charge in [0, 0.05) is 0 Å². The van der Waals surface area contributed by atoms with Crippen molar-refractivity contribution in [3.63, 3.8) is 0 Å². The van der Waals surface area contributed by atoms with Gasteiger partial charge in [0.25, 0.3) is 0 Å². The van der Waals surface area contributed by atoms with Gasteiger partial charge in [-0.15, -0.1) is 0 Å². The van der Waals surface area contributed by atoms with Gasteiger partial charge in [-0.1, -0.05) is 13.3 Å². The summed E-state index contributed by atoms with van der Waals surface area (Å²) in [7, 11) is 0. The summed E-state index contributed by atoms with van der Waals surface area (Å²) in [5.41, 5.74) is -2.77. The molecule has 16 heavy (non-hydrogen) atoms. The quantitative estimate of drug-likeness (QED) is 0.478. The minimum atomic E-state index is -2.77.